The van der Waals surface area contributed by atoms with E-state index >= 15 is 0 Å². The summed E-state index contributed by atoms with van der Waals surface area (Å²) < 4.78 is 0. The van der Waals surface area contributed by atoms with Crippen molar-refractivity contribution in [2.45, 2.75) is 51.2 Å². The van der Waals surface area contributed by atoms with Crippen molar-refractivity contribution in [3.05, 3.63) is 72.1 Å². The van der Waals surface area contributed by atoms with Gasteiger partial charge in [0.15, 0.2) is 0 Å². The summed E-state index contributed by atoms with van der Waals surface area (Å²) in [5.74, 6) is -2.08. The number of hydrogen-bond donors (Lipinski definition) is 6. The lowest BCUT2D eigenvalue weighted by Gasteiger charge is -2.24. The van der Waals surface area contributed by atoms with Crippen LogP contribution in [0.3, 0.4) is 0 Å². The molecule has 0 aliphatic carbocycles. The minimum absolute atomic E-state index is 0.0813. The number of benzene rings is 2. The predicted octanol–water partition coefficient (Wildman–Crippen LogP) is 2.86. The molecule has 0 spiro atoms. The molecule has 0 bridgehead atoms. The van der Waals surface area contributed by atoms with E-state index in [2.05, 4.69) is 20.6 Å². The highest BCUT2D eigenvalue weighted by atomic mass is 16.4. The fourth-order valence-electron chi connectivity index (χ4n) is 4.60. The summed E-state index contributed by atoms with van der Waals surface area (Å²) in [6.07, 6.45) is 4.33. The van der Waals surface area contributed by atoms with Gasteiger partial charge in [0.25, 0.3) is 0 Å². The Labute approximate surface area is 214 Å². The summed E-state index contributed by atoms with van der Waals surface area (Å²) in [7, 11) is 0. The highest BCUT2D eigenvalue weighted by Crippen LogP contribution is 2.20. The van der Waals surface area contributed by atoms with Crippen LogP contribution in [0.1, 0.15) is 31.4 Å². The van der Waals surface area contributed by atoms with Crippen LogP contribution in [0.2, 0.25) is 0 Å². The number of aliphatic carboxylic acids is 1. The number of amides is 2. The highest BCUT2D eigenvalue weighted by Gasteiger charge is 2.29. The average molecular weight is 504 g/mol. The second-order valence-electron chi connectivity index (χ2n) is 9.82. The van der Waals surface area contributed by atoms with Gasteiger partial charge >= 0.3 is 5.97 Å². The Morgan fingerprint density at radius 2 is 1.32 bits per heavy atom. The minimum Gasteiger partial charge on any atom is -0.480 e. The maximum Gasteiger partial charge on any atom is 0.326 e. The number of carbonyl (C=O) groups is 3. The molecule has 37 heavy (non-hydrogen) atoms. The number of aromatic amines is 2. The Kier molecular flexibility index (Phi) is 7.93. The first kappa shape index (κ1) is 26.0. The molecule has 0 saturated carbocycles. The number of carboxylic acid groups (broad SMARTS) is 1. The van der Waals surface area contributed by atoms with E-state index in [4.69, 9.17) is 5.73 Å². The molecule has 9 nitrogen and oxygen atoms in total. The highest BCUT2D eigenvalue weighted by molar-refractivity contribution is 5.93. The van der Waals surface area contributed by atoms with Crippen LogP contribution in [0.4, 0.5) is 0 Å². The van der Waals surface area contributed by atoms with Crippen LogP contribution in [0.25, 0.3) is 21.8 Å². The molecule has 0 aliphatic rings. The lowest BCUT2D eigenvalue weighted by molar-refractivity contribution is -0.142. The quantitative estimate of drug-likeness (QED) is 0.186. The third-order valence-corrected chi connectivity index (χ3v) is 6.51. The Balaban J connectivity index is 1.44. The Morgan fingerprint density at radius 1 is 0.811 bits per heavy atom. The molecule has 194 valence electrons. The van der Waals surface area contributed by atoms with Crippen LogP contribution in [-0.2, 0) is 27.2 Å². The largest absolute Gasteiger partial charge is 0.480 e. The standard InChI is InChI=1S/C28H33N5O4/c1-16(2)11-24(32-26(34)21(29)12-17-14-30-22-9-5-3-7-19(17)22)27(35)33-25(28(36)37)13-18-15-31-23-10-6-4-8-20(18)23/h3-10,14-16,21,24-25,30-31H,11-13,29H2,1-2H3,(H,32,34)(H,33,35)(H,36,37)/t21-,24+,25-/m0/s1. The number of fused-ring (bicyclic) bond motifs is 2. The molecule has 3 atom stereocenters. The van der Waals surface area contributed by atoms with Gasteiger partial charge in [-0.3, -0.25) is 9.59 Å². The third kappa shape index (κ3) is 6.18. The van der Waals surface area contributed by atoms with Gasteiger partial charge in [0.1, 0.15) is 12.1 Å². The van der Waals surface area contributed by atoms with Crippen molar-refractivity contribution >= 4 is 39.6 Å². The molecular weight excluding hydrogens is 470 g/mol. The van der Waals surface area contributed by atoms with Crippen LogP contribution >= 0.6 is 0 Å². The van der Waals surface area contributed by atoms with Crippen LogP contribution in [0.15, 0.2) is 60.9 Å². The van der Waals surface area contributed by atoms with Gasteiger partial charge in [0, 0.05) is 40.6 Å². The van der Waals surface area contributed by atoms with Gasteiger partial charge in [-0.2, -0.15) is 0 Å². The minimum atomic E-state index is -1.15. The molecule has 0 saturated heterocycles. The first-order valence-electron chi connectivity index (χ1n) is 12.4. The second kappa shape index (κ2) is 11.3. The van der Waals surface area contributed by atoms with Crippen molar-refractivity contribution in [2.24, 2.45) is 11.7 Å². The van der Waals surface area contributed by atoms with Gasteiger partial charge in [-0.1, -0.05) is 50.2 Å². The SMILES string of the molecule is CC(C)C[C@@H](NC(=O)[C@@H](N)Cc1c[nH]c2ccccc12)C(=O)N[C@@H](Cc1c[nH]c2ccccc12)C(=O)O. The number of carboxylic acids is 1. The molecule has 0 radical (unpaired) electrons. The molecule has 2 aromatic heterocycles. The molecule has 4 aromatic rings. The maximum absolute atomic E-state index is 13.2. The van der Waals surface area contributed by atoms with Crippen LogP contribution < -0.4 is 16.4 Å². The van der Waals surface area contributed by atoms with Gasteiger partial charge in [-0.15, -0.1) is 0 Å². The number of hydrogen-bond acceptors (Lipinski definition) is 4. The van der Waals surface area contributed by atoms with E-state index in [0.717, 1.165) is 32.9 Å². The molecule has 7 N–H and O–H groups in total. The predicted molar refractivity (Wildman–Crippen MR) is 143 cm³/mol. The molecule has 0 aliphatic heterocycles. The Hall–Kier alpha value is -4.11. The zero-order valence-electron chi connectivity index (χ0n) is 21.0. The number of aromatic nitrogens is 2. The molecule has 0 fully saturated rings. The zero-order chi connectivity index (χ0) is 26.5. The molecule has 4 rings (SSSR count). The van der Waals surface area contributed by atoms with E-state index in [1.807, 2.05) is 68.6 Å². The van der Waals surface area contributed by atoms with Crippen LogP contribution in [-0.4, -0.2) is 51.0 Å². The fraction of sp³-hybridized carbons (Fsp3) is 0.321. The fourth-order valence-corrected chi connectivity index (χ4v) is 4.60. The second-order valence-corrected chi connectivity index (χ2v) is 9.82. The van der Waals surface area contributed by atoms with Gasteiger partial charge < -0.3 is 31.4 Å². The van der Waals surface area contributed by atoms with Crippen molar-refractivity contribution < 1.29 is 19.5 Å². The van der Waals surface area contributed by atoms with Crippen LogP contribution in [0.5, 0.6) is 0 Å². The summed E-state index contributed by atoms with van der Waals surface area (Å²) in [5, 5.41) is 17.1. The normalized spacial score (nSPS) is 13.9. The Bertz CT molecular complexity index is 1410. The number of nitrogens with two attached hydrogens (primary N) is 1. The van der Waals surface area contributed by atoms with Gasteiger partial charge in [0.05, 0.1) is 6.04 Å². The van der Waals surface area contributed by atoms with Gasteiger partial charge in [0.2, 0.25) is 11.8 Å². The molecular formula is C28H33N5O4. The van der Waals surface area contributed by atoms with Crippen molar-refractivity contribution in [1.29, 1.82) is 0 Å². The summed E-state index contributed by atoms with van der Waals surface area (Å²) in [4.78, 5) is 44.5. The zero-order valence-corrected chi connectivity index (χ0v) is 21.0. The molecule has 2 aromatic carbocycles. The summed E-state index contributed by atoms with van der Waals surface area (Å²) in [6, 6.07) is 12.4. The number of carbonyl (C=O) groups excluding carboxylic acids is 2. The molecule has 0 unspecified atom stereocenters. The Morgan fingerprint density at radius 3 is 1.86 bits per heavy atom. The number of para-hydroxylation sites is 2. The molecule has 2 amide bonds. The van der Waals surface area contributed by atoms with Crippen molar-refractivity contribution in [1.82, 2.24) is 20.6 Å². The monoisotopic (exact) mass is 503 g/mol. The van der Waals surface area contributed by atoms with Crippen LogP contribution in [0, 0.1) is 5.92 Å². The van der Waals surface area contributed by atoms with E-state index in [1.54, 1.807) is 6.20 Å². The van der Waals surface area contributed by atoms with E-state index < -0.39 is 35.9 Å². The lowest BCUT2D eigenvalue weighted by atomic mass is 10.00. The maximum atomic E-state index is 13.2. The van der Waals surface area contributed by atoms with Gasteiger partial charge in [-0.05, 0) is 42.0 Å². The lowest BCUT2D eigenvalue weighted by Crippen LogP contribution is -2.55. The average Bonchev–Trinajstić information content (AvgIpc) is 3.47. The van der Waals surface area contributed by atoms with Crippen molar-refractivity contribution in [2.75, 3.05) is 0 Å². The van der Waals surface area contributed by atoms with Crippen molar-refractivity contribution in [3.8, 4) is 0 Å². The van der Waals surface area contributed by atoms with E-state index in [9.17, 15) is 19.5 Å². The van der Waals surface area contributed by atoms with Gasteiger partial charge in [-0.25, -0.2) is 4.79 Å². The molecule has 2 heterocycles. The first-order chi connectivity index (χ1) is 17.7. The summed E-state index contributed by atoms with van der Waals surface area (Å²) in [5.41, 5.74) is 9.76. The number of H-pyrrole nitrogens is 2. The topological polar surface area (TPSA) is 153 Å². The third-order valence-electron chi connectivity index (χ3n) is 6.51. The molecule has 9 heteroatoms. The smallest absolute Gasteiger partial charge is 0.326 e. The van der Waals surface area contributed by atoms with E-state index in [-0.39, 0.29) is 12.3 Å². The first-order valence-corrected chi connectivity index (χ1v) is 12.4. The van der Waals surface area contributed by atoms with Crippen molar-refractivity contribution in [3.63, 3.8) is 0 Å². The van der Waals surface area contributed by atoms with E-state index in [1.165, 1.54) is 0 Å². The number of nitrogens with one attached hydrogen (secondary N) is 4. The number of rotatable bonds is 11. The summed E-state index contributed by atoms with van der Waals surface area (Å²) in [6.45, 7) is 3.86. The summed E-state index contributed by atoms with van der Waals surface area (Å²) >= 11 is 0. The van der Waals surface area contributed by atoms with E-state index in [0.29, 0.717) is 12.8 Å².